The lowest BCUT2D eigenvalue weighted by atomic mass is 10.1. The van der Waals surface area contributed by atoms with Gasteiger partial charge in [-0.3, -0.25) is 0 Å². The quantitative estimate of drug-likeness (QED) is 0.526. The fourth-order valence-electron chi connectivity index (χ4n) is 1.93. The molecule has 0 aliphatic carbocycles. The molecule has 3 rings (SSSR count). The lowest BCUT2D eigenvalue weighted by Gasteiger charge is -1.96. The molecule has 0 N–H and O–H groups in total. The Kier molecular flexibility index (Phi) is 2.05. The van der Waals surface area contributed by atoms with Crippen LogP contribution in [0.25, 0.3) is 21.5 Å². The highest BCUT2D eigenvalue weighted by molar-refractivity contribution is 7.37. The number of hydrogen-bond acceptors (Lipinski definition) is 2. The van der Waals surface area contributed by atoms with E-state index < -0.39 is 7.65 Å². The molecule has 1 aromatic heterocycles. The maximum atomic E-state index is 11.9. The number of aryl methyl sites for hydroxylation is 1. The first-order chi connectivity index (χ1) is 7.75. The molecule has 0 amide bonds. The first-order valence-corrected chi connectivity index (χ1v) is 6.29. The SMILES string of the molecule is Cc1ccc2c3ccccc3o[p+](=O)c2c1. The van der Waals surface area contributed by atoms with Gasteiger partial charge in [0, 0.05) is 10.8 Å². The Balaban J connectivity index is 2.65. The molecule has 2 aromatic carbocycles. The summed E-state index contributed by atoms with van der Waals surface area (Å²) in [4.78, 5) is 0. The lowest BCUT2D eigenvalue weighted by Crippen LogP contribution is -1.76. The highest BCUT2D eigenvalue weighted by Gasteiger charge is 2.15. The number of rotatable bonds is 0. The van der Waals surface area contributed by atoms with Crippen molar-refractivity contribution in [2.45, 2.75) is 6.92 Å². The Labute approximate surface area is 93.3 Å². The van der Waals surface area contributed by atoms with Crippen molar-refractivity contribution in [3.05, 3.63) is 48.0 Å². The Morgan fingerprint density at radius 3 is 2.75 bits per heavy atom. The van der Waals surface area contributed by atoms with E-state index in [1.807, 2.05) is 49.4 Å². The maximum absolute atomic E-state index is 11.9. The molecule has 0 saturated heterocycles. The molecule has 78 valence electrons. The standard InChI is InChI=1S/C13H10O2P/c1-9-6-7-11-10-4-2-3-5-12(10)15-16(14)13(11)8-9/h2-8H,1H3/q+1. The van der Waals surface area contributed by atoms with Crippen LogP contribution < -0.4 is 0 Å². The van der Waals surface area contributed by atoms with Crippen LogP contribution in [-0.4, -0.2) is 0 Å². The minimum absolute atomic E-state index is 0.708. The number of fused-ring (bicyclic) bond motifs is 3. The van der Waals surface area contributed by atoms with Gasteiger partial charge in [-0.2, -0.15) is 0 Å². The summed E-state index contributed by atoms with van der Waals surface area (Å²) in [6.45, 7) is 1.99. The predicted octanol–water partition coefficient (Wildman–Crippen LogP) is 4.64. The van der Waals surface area contributed by atoms with Gasteiger partial charge >= 0.3 is 7.65 Å². The maximum Gasteiger partial charge on any atom is 0.597 e. The zero-order valence-corrected chi connectivity index (χ0v) is 9.70. The summed E-state index contributed by atoms with van der Waals surface area (Å²) in [6.07, 6.45) is 0. The van der Waals surface area contributed by atoms with Gasteiger partial charge in [0.05, 0.1) is 0 Å². The fraction of sp³-hybridized carbons (Fsp3) is 0.0769. The largest absolute Gasteiger partial charge is 0.597 e. The summed E-state index contributed by atoms with van der Waals surface area (Å²) >= 11 is 0. The molecule has 3 aromatic rings. The van der Waals surface area contributed by atoms with Crippen LogP contribution in [0.15, 0.2) is 46.7 Å². The van der Waals surface area contributed by atoms with Gasteiger partial charge in [-0.05, 0) is 35.3 Å². The van der Waals surface area contributed by atoms with E-state index in [9.17, 15) is 4.57 Å². The zero-order valence-electron chi connectivity index (χ0n) is 8.81. The van der Waals surface area contributed by atoms with Gasteiger partial charge in [-0.1, -0.05) is 24.3 Å². The molecule has 0 fully saturated rings. The van der Waals surface area contributed by atoms with Crippen molar-refractivity contribution in [1.82, 2.24) is 0 Å². The second-order valence-electron chi connectivity index (χ2n) is 3.87. The molecule has 2 nitrogen and oxygen atoms in total. The third kappa shape index (κ3) is 1.35. The molecule has 0 aliphatic rings. The van der Waals surface area contributed by atoms with E-state index in [2.05, 4.69) is 0 Å². The van der Waals surface area contributed by atoms with Crippen molar-refractivity contribution in [3.8, 4) is 0 Å². The molecular weight excluding hydrogens is 219 g/mol. The summed E-state index contributed by atoms with van der Waals surface area (Å²) in [5.74, 6) is 0. The lowest BCUT2D eigenvalue weighted by molar-refractivity contribution is 0.563. The van der Waals surface area contributed by atoms with Gasteiger partial charge < -0.3 is 0 Å². The summed E-state index contributed by atoms with van der Waals surface area (Å²) in [6, 6.07) is 13.7. The average molecular weight is 229 g/mol. The van der Waals surface area contributed by atoms with Crippen molar-refractivity contribution >= 4 is 29.1 Å². The van der Waals surface area contributed by atoms with E-state index >= 15 is 0 Å². The van der Waals surface area contributed by atoms with E-state index in [1.165, 1.54) is 0 Å². The molecule has 0 radical (unpaired) electrons. The number of hydrogen-bond donors (Lipinski definition) is 0. The molecule has 1 atom stereocenters. The van der Waals surface area contributed by atoms with Crippen molar-refractivity contribution in [2.75, 3.05) is 0 Å². The topological polar surface area (TPSA) is 30.2 Å². The van der Waals surface area contributed by atoms with Crippen LogP contribution in [0.1, 0.15) is 5.56 Å². The van der Waals surface area contributed by atoms with Crippen LogP contribution in [0.5, 0.6) is 0 Å². The number of benzene rings is 2. The van der Waals surface area contributed by atoms with Crippen molar-refractivity contribution < 1.29 is 8.76 Å². The van der Waals surface area contributed by atoms with Crippen molar-refractivity contribution in [1.29, 1.82) is 0 Å². The van der Waals surface area contributed by atoms with Crippen LogP contribution in [0, 0.1) is 6.92 Å². The molecule has 0 spiro atoms. The molecule has 0 bridgehead atoms. The molecule has 0 aliphatic heterocycles. The van der Waals surface area contributed by atoms with Gasteiger partial charge in [-0.15, -0.1) is 0 Å². The van der Waals surface area contributed by atoms with Gasteiger partial charge in [0.15, 0.2) is 5.58 Å². The summed E-state index contributed by atoms with van der Waals surface area (Å²) < 4.78 is 17.3. The Bertz CT molecular complexity index is 744. The third-order valence-electron chi connectivity index (χ3n) is 2.71. The van der Waals surface area contributed by atoms with E-state index in [1.54, 1.807) is 0 Å². The van der Waals surface area contributed by atoms with Crippen LogP contribution in [-0.2, 0) is 4.57 Å². The predicted molar refractivity (Wildman–Crippen MR) is 66.1 cm³/mol. The molecule has 1 unspecified atom stereocenters. The van der Waals surface area contributed by atoms with Crippen LogP contribution in [0.4, 0.5) is 0 Å². The van der Waals surface area contributed by atoms with E-state index in [4.69, 9.17) is 4.20 Å². The first kappa shape index (κ1) is 9.56. The molecule has 3 heteroatoms. The van der Waals surface area contributed by atoms with Gasteiger partial charge in [-0.25, -0.2) is 4.20 Å². The first-order valence-electron chi connectivity index (χ1n) is 5.11. The van der Waals surface area contributed by atoms with Crippen LogP contribution in [0.2, 0.25) is 0 Å². The van der Waals surface area contributed by atoms with E-state index in [-0.39, 0.29) is 0 Å². The normalized spacial score (nSPS) is 12.2. The molecule has 0 saturated carbocycles. The Morgan fingerprint density at radius 2 is 1.88 bits per heavy atom. The number of para-hydroxylation sites is 1. The molecular formula is C13H10O2P+. The van der Waals surface area contributed by atoms with Crippen molar-refractivity contribution in [3.63, 3.8) is 0 Å². The monoisotopic (exact) mass is 229 g/mol. The second-order valence-corrected chi connectivity index (χ2v) is 5.04. The average Bonchev–Trinajstić information content (AvgIpc) is 2.29. The summed E-state index contributed by atoms with van der Waals surface area (Å²) in [7, 11) is -1.76. The van der Waals surface area contributed by atoms with Gasteiger partial charge in [0.2, 0.25) is 5.12 Å². The summed E-state index contributed by atoms with van der Waals surface area (Å²) in [5.41, 5.74) is 1.81. The highest BCUT2D eigenvalue weighted by Crippen LogP contribution is 2.35. The zero-order chi connectivity index (χ0) is 11.1. The third-order valence-corrected chi connectivity index (χ3v) is 3.83. The minimum Gasteiger partial charge on any atom is -0.250 e. The smallest absolute Gasteiger partial charge is 0.250 e. The van der Waals surface area contributed by atoms with Gasteiger partial charge in [0.25, 0.3) is 0 Å². The van der Waals surface area contributed by atoms with Crippen LogP contribution >= 0.6 is 7.65 Å². The molecule has 1 heterocycles. The Morgan fingerprint density at radius 1 is 1.06 bits per heavy atom. The second kappa shape index (κ2) is 3.43. The van der Waals surface area contributed by atoms with Crippen LogP contribution in [0.3, 0.4) is 0 Å². The Hall–Kier alpha value is -1.66. The summed E-state index contributed by atoms with van der Waals surface area (Å²) in [5, 5.41) is 2.84. The highest BCUT2D eigenvalue weighted by atomic mass is 31.1. The van der Waals surface area contributed by atoms with E-state index in [0.29, 0.717) is 5.58 Å². The van der Waals surface area contributed by atoms with Gasteiger partial charge in [0.1, 0.15) is 0 Å². The van der Waals surface area contributed by atoms with Crippen molar-refractivity contribution in [2.24, 2.45) is 0 Å². The fourth-order valence-corrected chi connectivity index (χ4v) is 3.06. The molecule has 16 heavy (non-hydrogen) atoms. The minimum atomic E-state index is -1.76. The van der Waals surface area contributed by atoms with E-state index in [0.717, 1.165) is 21.5 Å².